The number of rotatable bonds is 8. The average Bonchev–Trinajstić information content (AvgIpc) is 3.02. The number of halogens is 1. The Morgan fingerprint density at radius 2 is 1.62 bits per heavy atom. The molecule has 26 heavy (non-hydrogen) atoms. The van der Waals surface area contributed by atoms with Crippen molar-refractivity contribution < 1.29 is 13.9 Å². The van der Waals surface area contributed by atoms with E-state index in [2.05, 4.69) is 10.2 Å². The van der Waals surface area contributed by atoms with Crippen molar-refractivity contribution >= 4 is 11.8 Å². The van der Waals surface area contributed by atoms with Crippen molar-refractivity contribution in [2.45, 2.75) is 12.1 Å². The largest absolute Gasteiger partial charge is 0.494 e. The van der Waals surface area contributed by atoms with Gasteiger partial charge in [-0.25, -0.2) is 4.39 Å². The van der Waals surface area contributed by atoms with Crippen LogP contribution in [0.5, 0.6) is 11.5 Å². The van der Waals surface area contributed by atoms with Gasteiger partial charge in [0.05, 0.1) is 13.2 Å². The first-order valence-corrected chi connectivity index (χ1v) is 9.29. The van der Waals surface area contributed by atoms with Crippen LogP contribution in [0.1, 0.15) is 6.92 Å². The van der Waals surface area contributed by atoms with Crippen molar-refractivity contribution in [1.29, 1.82) is 0 Å². The van der Waals surface area contributed by atoms with Gasteiger partial charge in [-0.15, -0.1) is 10.2 Å². The molecule has 0 unspecified atom stereocenters. The summed E-state index contributed by atoms with van der Waals surface area (Å²) in [6.45, 7) is 3.15. The molecule has 0 amide bonds. The summed E-state index contributed by atoms with van der Waals surface area (Å²) < 4.78 is 26.1. The lowest BCUT2D eigenvalue weighted by atomic mass is 10.2. The van der Waals surface area contributed by atoms with Gasteiger partial charge in [0.25, 0.3) is 0 Å². The lowest BCUT2D eigenvalue weighted by molar-refractivity contribution is 0.332. The monoisotopic (exact) mass is 373 g/mol. The minimum absolute atomic E-state index is 0.267. The van der Waals surface area contributed by atoms with E-state index in [4.69, 9.17) is 9.47 Å². The van der Waals surface area contributed by atoms with E-state index < -0.39 is 0 Å². The van der Waals surface area contributed by atoms with E-state index in [1.807, 2.05) is 42.8 Å². The second-order valence-electron chi connectivity index (χ2n) is 5.47. The second kappa shape index (κ2) is 8.71. The first kappa shape index (κ1) is 18.3. The van der Waals surface area contributed by atoms with Crippen LogP contribution in [0.25, 0.3) is 11.4 Å². The summed E-state index contributed by atoms with van der Waals surface area (Å²) >= 11 is 1.56. The van der Waals surface area contributed by atoms with Gasteiger partial charge in [-0.3, -0.25) is 0 Å². The topological polar surface area (TPSA) is 49.2 Å². The first-order chi connectivity index (χ1) is 12.7. The number of hydrogen-bond donors (Lipinski definition) is 0. The Bertz CT molecular complexity index is 835. The zero-order valence-corrected chi connectivity index (χ0v) is 15.5. The molecule has 136 valence electrons. The zero-order chi connectivity index (χ0) is 18.4. The number of thioether (sulfide) groups is 1. The van der Waals surface area contributed by atoms with Gasteiger partial charge in [0.15, 0.2) is 11.0 Å². The summed E-state index contributed by atoms with van der Waals surface area (Å²) in [7, 11) is 1.90. The Morgan fingerprint density at radius 3 is 2.27 bits per heavy atom. The number of ether oxygens (including phenoxy) is 2. The molecule has 0 radical (unpaired) electrons. The van der Waals surface area contributed by atoms with Gasteiger partial charge in [-0.2, -0.15) is 0 Å². The van der Waals surface area contributed by atoms with E-state index in [-0.39, 0.29) is 5.82 Å². The van der Waals surface area contributed by atoms with Crippen LogP contribution in [-0.2, 0) is 7.05 Å². The van der Waals surface area contributed by atoms with Crippen molar-refractivity contribution in [2.75, 3.05) is 19.0 Å². The van der Waals surface area contributed by atoms with Gasteiger partial charge in [0, 0.05) is 18.4 Å². The summed E-state index contributed by atoms with van der Waals surface area (Å²) in [4.78, 5) is 0. The molecule has 0 fully saturated rings. The molecule has 0 aliphatic carbocycles. The fraction of sp³-hybridized carbons (Fsp3) is 0.263. The van der Waals surface area contributed by atoms with Crippen LogP contribution >= 0.6 is 11.8 Å². The smallest absolute Gasteiger partial charge is 0.191 e. The van der Waals surface area contributed by atoms with E-state index in [1.54, 1.807) is 23.9 Å². The van der Waals surface area contributed by atoms with E-state index in [0.717, 1.165) is 28.0 Å². The van der Waals surface area contributed by atoms with Crippen LogP contribution < -0.4 is 9.47 Å². The Balaban J connectivity index is 1.51. The van der Waals surface area contributed by atoms with Crippen LogP contribution in [0, 0.1) is 5.82 Å². The van der Waals surface area contributed by atoms with Crippen LogP contribution in [0.15, 0.2) is 53.7 Å². The molecule has 3 rings (SSSR count). The van der Waals surface area contributed by atoms with Gasteiger partial charge < -0.3 is 14.0 Å². The van der Waals surface area contributed by atoms with Crippen molar-refractivity contribution in [1.82, 2.24) is 14.8 Å². The molecule has 0 saturated carbocycles. The molecule has 5 nitrogen and oxygen atoms in total. The highest BCUT2D eigenvalue weighted by Gasteiger charge is 2.11. The average molecular weight is 373 g/mol. The highest BCUT2D eigenvalue weighted by Crippen LogP contribution is 2.23. The molecule has 0 aliphatic rings. The predicted octanol–water partition coefficient (Wildman–Crippen LogP) is 4.19. The normalized spacial score (nSPS) is 10.7. The molecule has 0 aliphatic heterocycles. The fourth-order valence-electron chi connectivity index (χ4n) is 2.38. The highest BCUT2D eigenvalue weighted by molar-refractivity contribution is 7.99. The maximum absolute atomic E-state index is 13.0. The van der Waals surface area contributed by atoms with Crippen LogP contribution in [0.2, 0.25) is 0 Å². The van der Waals surface area contributed by atoms with Gasteiger partial charge in [-0.05, 0) is 55.5 Å². The van der Waals surface area contributed by atoms with E-state index in [1.165, 1.54) is 12.1 Å². The minimum Gasteiger partial charge on any atom is -0.494 e. The Morgan fingerprint density at radius 1 is 0.962 bits per heavy atom. The molecule has 3 aromatic rings. The Kier molecular flexibility index (Phi) is 6.12. The summed E-state index contributed by atoms with van der Waals surface area (Å²) in [6.07, 6.45) is 0. The van der Waals surface area contributed by atoms with Gasteiger partial charge in [0.1, 0.15) is 17.3 Å². The Labute approximate surface area is 156 Å². The maximum atomic E-state index is 13.0. The molecule has 1 aromatic heterocycles. The third kappa shape index (κ3) is 4.54. The molecular weight excluding hydrogens is 353 g/mol. The van der Waals surface area contributed by atoms with Crippen LogP contribution in [-0.4, -0.2) is 33.7 Å². The molecular formula is C19H20FN3O2S. The van der Waals surface area contributed by atoms with E-state index in [0.29, 0.717) is 19.0 Å². The van der Waals surface area contributed by atoms with Crippen LogP contribution in [0.4, 0.5) is 4.39 Å². The zero-order valence-electron chi connectivity index (χ0n) is 14.7. The van der Waals surface area contributed by atoms with E-state index in [9.17, 15) is 4.39 Å². The summed E-state index contributed by atoms with van der Waals surface area (Å²) in [5.41, 5.74) is 0.832. The van der Waals surface area contributed by atoms with Crippen LogP contribution in [0.3, 0.4) is 0 Å². The van der Waals surface area contributed by atoms with Gasteiger partial charge in [0.2, 0.25) is 0 Å². The summed E-state index contributed by atoms with van der Waals surface area (Å²) in [5.74, 6) is 2.82. The minimum atomic E-state index is -0.267. The first-order valence-electron chi connectivity index (χ1n) is 8.31. The van der Waals surface area contributed by atoms with Crippen molar-refractivity contribution in [3.8, 4) is 22.9 Å². The molecule has 2 aromatic carbocycles. The van der Waals surface area contributed by atoms with Crippen molar-refractivity contribution in [3.63, 3.8) is 0 Å². The summed E-state index contributed by atoms with van der Waals surface area (Å²) in [6, 6.07) is 13.8. The standard InChI is InChI=1S/C19H20FN3O2S/c1-3-24-16-8-10-17(11-9-16)25-12-13-26-19-22-21-18(23(19)2)14-4-6-15(20)7-5-14/h4-11H,3,12-13H2,1-2H3. The Hall–Kier alpha value is -2.54. The van der Waals surface area contributed by atoms with Crippen molar-refractivity contribution in [2.24, 2.45) is 7.05 Å². The third-order valence-electron chi connectivity index (χ3n) is 3.66. The van der Waals surface area contributed by atoms with Gasteiger partial charge >= 0.3 is 0 Å². The van der Waals surface area contributed by atoms with Gasteiger partial charge in [-0.1, -0.05) is 11.8 Å². The fourth-order valence-corrected chi connectivity index (χ4v) is 3.11. The molecule has 1 heterocycles. The number of aromatic nitrogens is 3. The third-order valence-corrected chi connectivity index (χ3v) is 4.64. The van der Waals surface area contributed by atoms with Crippen molar-refractivity contribution in [3.05, 3.63) is 54.3 Å². The lowest BCUT2D eigenvalue weighted by Crippen LogP contribution is -2.02. The number of nitrogens with zero attached hydrogens (tertiary/aromatic N) is 3. The summed E-state index contributed by atoms with van der Waals surface area (Å²) in [5, 5.41) is 9.19. The number of benzene rings is 2. The SMILES string of the molecule is CCOc1ccc(OCCSc2nnc(-c3ccc(F)cc3)n2C)cc1. The molecule has 7 heteroatoms. The molecule has 0 bridgehead atoms. The predicted molar refractivity (Wildman–Crippen MR) is 100 cm³/mol. The number of hydrogen-bond acceptors (Lipinski definition) is 5. The molecule has 0 spiro atoms. The highest BCUT2D eigenvalue weighted by atomic mass is 32.2. The molecule has 0 saturated heterocycles. The molecule has 0 N–H and O–H groups in total. The maximum Gasteiger partial charge on any atom is 0.191 e. The lowest BCUT2D eigenvalue weighted by Gasteiger charge is -2.08. The van der Waals surface area contributed by atoms with E-state index >= 15 is 0 Å². The quantitative estimate of drug-likeness (QED) is 0.438. The molecule has 0 atom stereocenters. The second-order valence-corrected chi connectivity index (χ2v) is 6.54.